The molecule has 0 saturated carbocycles. The third kappa shape index (κ3) is 4.35. The summed E-state index contributed by atoms with van der Waals surface area (Å²) >= 11 is 0. The summed E-state index contributed by atoms with van der Waals surface area (Å²) in [5.74, 6) is 0.326. The first-order chi connectivity index (χ1) is 13.7. The number of alkyl halides is 2. The van der Waals surface area contributed by atoms with E-state index in [1.165, 1.54) is 0 Å². The minimum Gasteiger partial charge on any atom is -0.474 e. The number of pyridine rings is 2. The summed E-state index contributed by atoms with van der Waals surface area (Å²) in [6, 6.07) is 5.47. The summed E-state index contributed by atoms with van der Waals surface area (Å²) in [4.78, 5) is 9.00. The van der Waals surface area contributed by atoms with Gasteiger partial charge < -0.3 is 14.8 Å². The molecule has 4 rings (SSSR count). The highest BCUT2D eigenvalue weighted by molar-refractivity contribution is 5.86. The Labute approximate surface area is 167 Å². The van der Waals surface area contributed by atoms with Crippen LogP contribution in [-0.2, 0) is 10.3 Å². The molecule has 4 heterocycles. The van der Waals surface area contributed by atoms with Crippen molar-refractivity contribution in [2.24, 2.45) is 0 Å². The summed E-state index contributed by atoms with van der Waals surface area (Å²) < 4.78 is 39.3. The van der Waals surface area contributed by atoms with Gasteiger partial charge >= 0.3 is 6.11 Å². The number of morpholine rings is 1. The van der Waals surface area contributed by atoms with Gasteiger partial charge in [0.2, 0.25) is 5.88 Å². The van der Waals surface area contributed by atoms with E-state index in [-0.39, 0.29) is 18.7 Å². The van der Waals surface area contributed by atoms with Crippen LogP contribution in [-0.4, -0.2) is 51.7 Å². The van der Waals surface area contributed by atoms with Crippen molar-refractivity contribution >= 4 is 10.9 Å². The Bertz CT molecular complexity index is 1020. The third-order valence-electron chi connectivity index (χ3n) is 4.58. The Balaban J connectivity index is 1.63. The fourth-order valence-corrected chi connectivity index (χ4v) is 3.10. The Morgan fingerprint density at radius 1 is 1.38 bits per heavy atom. The van der Waals surface area contributed by atoms with E-state index >= 15 is 0 Å². The van der Waals surface area contributed by atoms with Crippen molar-refractivity contribution in [3.63, 3.8) is 0 Å². The smallest absolute Gasteiger partial charge is 0.368 e. The largest absolute Gasteiger partial charge is 0.474 e. The highest BCUT2D eigenvalue weighted by atomic mass is 19.3. The van der Waals surface area contributed by atoms with Gasteiger partial charge in [-0.1, -0.05) is 0 Å². The Kier molecular flexibility index (Phi) is 4.95. The van der Waals surface area contributed by atoms with Crippen LogP contribution in [0.15, 0.2) is 36.8 Å². The number of ether oxygens (including phenoxy) is 2. The highest BCUT2D eigenvalue weighted by Crippen LogP contribution is 2.29. The van der Waals surface area contributed by atoms with Gasteiger partial charge in [0, 0.05) is 24.5 Å². The van der Waals surface area contributed by atoms with Crippen LogP contribution in [0.3, 0.4) is 0 Å². The van der Waals surface area contributed by atoms with Crippen LogP contribution in [0.5, 0.6) is 5.88 Å². The van der Waals surface area contributed by atoms with E-state index in [1.807, 2.05) is 23.0 Å². The van der Waals surface area contributed by atoms with Gasteiger partial charge in [0.1, 0.15) is 12.7 Å². The van der Waals surface area contributed by atoms with E-state index in [4.69, 9.17) is 9.47 Å². The van der Waals surface area contributed by atoms with Crippen LogP contribution in [0.25, 0.3) is 22.2 Å². The molecule has 9 heteroatoms. The second-order valence-electron chi connectivity index (χ2n) is 8.05. The number of hydrogen-bond acceptors (Lipinski definition) is 6. The first-order valence-corrected chi connectivity index (χ1v) is 9.42. The zero-order valence-electron chi connectivity index (χ0n) is 16.5. The molecule has 1 atom stereocenters. The van der Waals surface area contributed by atoms with Crippen molar-refractivity contribution in [1.82, 2.24) is 25.1 Å². The predicted molar refractivity (Wildman–Crippen MR) is 104 cm³/mol. The Morgan fingerprint density at radius 3 is 2.93 bits per heavy atom. The van der Waals surface area contributed by atoms with Crippen LogP contribution in [0.1, 0.15) is 20.8 Å². The van der Waals surface area contributed by atoms with Crippen LogP contribution >= 0.6 is 0 Å². The highest BCUT2D eigenvalue weighted by Gasteiger charge is 2.37. The van der Waals surface area contributed by atoms with Gasteiger partial charge in [0.05, 0.1) is 34.9 Å². The monoisotopic (exact) mass is 403 g/mol. The number of nitrogens with zero attached hydrogens (tertiary/aromatic N) is 4. The second-order valence-corrected chi connectivity index (χ2v) is 8.05. The maximum atomic E-state index is 13.4. The summed E-state index contributed by atoms with van der Waals surface area (Å²) in [6.45, 7) is 5.90. The van der Waals surface area contributed by atoms with Crippen molar-refractivity contribution in [1.29, 1.82) is 0 Å². The first-order valence-electron chi connectivity index (χ1n) is 9.42. The summed E-state index contributed by atoms with van der Waals surface area (Å²) in [7, 11) is 0. The summed E-state index contributed by atoms with van der Waals surface area (Å²) in [5, 5.41) is 7.77. The molecular formula is C20H23F2N5O2. The molecule has 154 valence electrons. The lowest BCUT2D eigenvalue weighted by molar-refractivity contribution is -0.276. The minimum absolute atomic E-state index is 0.0513. The fourth-order valence-electron chi connectivity index (χ4n) is 3.10. The maximum Gasteiger partial charge on any atom is 0.368 e. The van der Waals surface area contributed by atoms with Crippen molar-refractivity contribution < 1.29 is 18.3 Å². The van der Waals surface area contributed by atoms with Crippen molar-refractivity contribution in [3.8, 4) is 17.1 Å². The lowest BCUT2D eigenvalue weighted by Crippen LogP contribution is -2.50. The SMILES string of the molecule is CC(C)(C)n1cc(-c2cc3ncccc3c(OC[C@@H]3CNCC(F)(F)O3)n2)cn1. The fraction of sp³-hybridized carbons (Fsp3) is 0.450. The lowest BCUT2D eigenvalue weighted by Gasteiger charge is -2.29. The van der Waals surface area contributed by atoms with E-state index < -0.39 is 18.8 Å². The van der Waals surface area contributed by atoms with Gasteiger partial charge in [-0.05, 0) is 39.0 Å². The van der Waals surface area contributed by atoms with Gasteiger partial charge in [-0.2, -0.15) is 13.9 Å². The standard InChI is InChI=1S/C20H23F2N5O2/c1-19(2,3)27-10-13(8-25-27)16-7-17-15(5-4-6-24-17)18(26-16)28-11-14-9-23-12-20(21,22)29-14/h4-8,10,14,23H,9,11-12H2,1-3H3/t14-/m0/s1. The van der Waals surface area contributed by atoms with E-state index in [2.05, 4.69) is 41.2 Å². The molecule has 0 unspecified atom stereocenters. The molecule has 1 N–H and O–H groups in total. The molecule has 1 aliphatic heterocycles. The molecule has 0 bridgehead atoms. The topological polar surface area (TPSA) is 74.1 Å². The summed E-state index contributed by atoms with van der Waals surface area (Å²) in [6.07, 6.45) is 1.35. The number of fused-ring (bicyclic) bond motifs is 1. The van der Waals surface area contributed by atoms with Crippen molar-refractivity contribution in [3.05, 3.63) is 36.8 Å². The molecule has 29 heavy (non-hydrogen) atoms. The number of hydrogen-bond donors (Lipinski definition) is 1. The molecule has 3 aromatic heterocycles. The van der Waals surface area contributed by atoms with E-state index in [1.54, 1.807) is 18.5 Å². The summed E-state index contributed by atoms with van der Waals surface area (Å²) in [5.41, 5.74) is 2.00. The molecule has 0 radical (unpaired) electrons. The molecule has 0 spiro atoms. The molecule has 1 aliphatic rings. The molecule has 1 saturated heterocycles. The Morgan fingerprint density at radius 2 is 2.21 bits per heavy atom. The number of rotatable bonds is 4. The molecule has 1 fully saturated rings. The van der Waals surface area contributed by atoms with E-state index in [0.717, 1.165) is 5.56 Å². The van der Waals surface area contributed by atoms with Gasteiger partial charge in [-0.25, -0.2) is 4.98 Å². The zero-order chi connectivity index (χ0) is 20.6. The van der Waals surface area contributed by atoms with E-state index in [9.17, 15) is 8.78 Å². The first kappa shape index (κ1) is 19.7. The van der Waals surface area contributed by atoms with Gasteiger partial charge in [0.15, 0.2) is 0 Å². The van der Waals surface area contributed by atoms with Crippen LogP contribution in [0.2, 0.25) is 0 Å². The average molecular weight is 403 g/mol. The van der Waals surface area contributed by atoms with Gasteiger partial charge in [-0.15, -0.1) is 0 Å². The van der Waals surface area contributed by atoms with Crippen LogP contribution in [0, 0.1) is 0 Å². The zero-order valence-corrected chi connectivity index (χ0v) is 16.5. The lowest BCUT2D eigenvalue weighted by atomic mass is 10.1. The van der Waals surface area contributed by atoms with Crippen molar-refractivity contribution in [2.75, 3.05) is 19.7 Å². The Hall–Kier alpha value is -2.65. The maximum absolute atomic E-state index is 13.4. The molecule has 0 aliphatic carbocycles. The van der Waals surface area contributed by atoms with Gasteiger partial charge in [-0.3, -0.25) is 9.67 Å². The molecular weight excluding hydrogens is 380 g/mol. The third-order valence-corrected chi connectivity index (χ3v) is 4.58. The van der Waals surface area contributed by atoms with Gasteiger partial charge in [0.25, 0.3) is 0 Å². The molecule has 0 aromatic carbocycles. The molecule has 0 amide bonds. The number of nitrogens with one attached hydrogen (secondary N) is 1. The van der Waals surface area contributed by atoms with Crippen LogP contribution in [0.4, 0.5) is 8.78 Å². The van der Waals surface area contributed by atoms with Crippen LogP contribution < -0.4 is 10.1 Å². The minimum atomic E-state index is -3.20. The van der Waals surface area contributed by atoms with Crippen molar-refractivity contribution in [2.45, 2.75) is 38.5 Å². The molecule has 3 aromatic rings. The number of halogens is 2. The average Bonchev–Trinajstić information content (AvgIpc) is 3.16. The van der Waals surface area contributed by atoms with E-state index in [0.29, 0.717) is 22.5 Å². The second kappa shape index (κ2) is 7.31. The predicted octanol–water partition coefficient (Wildman–Crippen LogP) is 3.21. The molecule has 7 nitrogen and oxygen atoms in total. The normalized spacial score (nSPS) is 19.4. The quantitative estimate of drug-likeness (QED) is 0.721. The number of aromatic nitrogens is 4.